The van der Waals surface area contributed by atoms with E-state index in [1.165, 1.54) is 5.56 Å². The van der Waals surface area contributed by atoms with Crippen LogP contribution in [0.1, 0.15) is 22.7 Å². The van der Waals surface area contributed by atoms with Crippen molar-refractivity contribution in [3.05, 3.63) is 52.0 Å². The van der Waals surface area contributed by atoms with Crippen molar-refractivity contribution in [2.45, 2.75) is 12.5 Å². The highest BCUT2D eigenvalue weighted by molar-refractivity contribution is 6.31. The fourth-order valence-electron chi connectivity index (χ4n) is 3.32. The smallest absolute Gasteiger partial charge is 0.231 e. The summed E-state index contributed by atoms with van der Waals surface area (Å²) in [6.07, 6.45) is 0.920. The van der Waals surface area contributed by atoms with E-state index in [1.807, 2.05) is 24.3 Å². The quantitative estimate of drug-likeness (QED) is 0.730. The molecule has 1 atom stereocenters. The SMILES string of the molecule is COc1c2c(cc3c1C(C#Cc1ccccc1Cl)N(C)CC3)OCO2. The molecule has 2 heterocycles. The van der Waals surface area contributed by atoms with Gasteiger partial charge in [-0.15, -0.1) is 0 Å². The van der Waals surface area contributed by atoms with Gasteiger partial charge in [0.1, 0.15) is 6.04 Å². The fourth-order valence-corrected chi connectivity index (χ4v) is 3.51. The highest BCUT2D eigenvalue weighted by atomic mass is 35.5. The molecule has 1 unspecified atom stereocenters. The van der Waals surface area contributed by atoms with E-state index >= 15 is 0 Å². The monoisotopic (exact) mass is 355 g/mol. The van der Waals surface area contributed by atoms with E-state index in [9.17, 15) is 0 Å². The lowest BCUT2D eigenvalue weighted by Crippen LogP contribution is -2.31. The summed E-state index contributed by atoms with van der Waals surface area (Å²) < 4.78 is 16.8. The number of nitrogens with zero attached hydrogens (tertiary/aromatic N) is 1. The number of rotatable bonds is 1. The van der Waals surface area contributed by atoms with Crippen molar-refractivity contribution in [1.82, 2.24) is 4.90 Å². The van der Waals surface area contributed by atoms with Crippen LogP contribution in [0.5, 0.6) is 17.2 Å². The zero-order valence-corrected chi connectivity index (χ0v) is 14.9. The molecule has 2 aromatic carbocycles. The third kappa shape index (κ3) is 2.80. The van der Waals surface area contributed by atoms with Crippen LogP contribution in [-0.2, 0) is 6.42 Å². The molecule has 0 aliphatic carbocycles. The Balaban J connectivity index is 1.82. The molecule has 0 N–H and O–H groups in total. The molecule has 0 radical (unpaired) electrons. The van der Waals surface area contributed by atoms with Crippen molar-refractivity contribution in [3.63, 3.8) is 0 Å². The average Bonchev–Trinajstić information content (AvgIpc) is 3.08. The van der Waals surface area contributed by atoms with Gasteiger partial charge in [-0.2, -0.15) is 0 Å². The summed E-state index contributed by atoms with van der Waals surface area (Å²) >= 11 is 6.24. The first-order valence-electron chi connectivity index (χ1n) is 8.14. The maximum absolute atomic E-state index is 6.24. The molecule has 25 heavy (non-hydrogen) atoms. The molecular formula is C20H18ClNO3. The molecule has 0 aromatic heterocycles. The average molecular weight is 356 g/mol. The molecule has 0 fully saturated rings. The summed E-state index contributed by atoms with van der Waals surface area (Å²) in [4.78, 5) is 2.22. The second kappa shape index (κ2) is 6.51. The topological polar surface area (TPSA) is 30.9 Å². The molecule has 128 valence electrons. The van der Waals surface area contributed by atoms with Crippen LogP contribution in [0.2, 0.25) is 5.02 Å². The van der Waals surface area contributed by atoms with Crippen molar-refractivity contribution < 1.29 is 14.2 Å². The third-order valence-corrected chi connectivity index (χ3v) is 4.94. The fraction of sp³-hybridized carbons (Fsp3) is 0.300. The van der Waals surface area contributed by atoms with Gasteiger partial charge >= 0.3 is 0 Å². The minimum Gasteiger partial charge on any atom is -0.492 e. The molecule has 0 bridgehead atoms. The van der Waals surface area contributed by atoms with Crippen LogP contribution in [0.25, 0.3) is 0 Å². The Morgan fingerprint density at radius 1 is 1.28 bits per heavy atom. The molecule has 0 saturated carbocycles. The number of hydrogen-bond donors (Lipinski definition) is 0. The van der Waals surface area contributed by atoms with Gasteiger partial charge in [-0.3, -0.25) is 4.90 Å². The summed E-state index contributed by atoms with van der Waals surface area (Å²) in [5.74, 6) is 8.72. The summed E-state index contributed by atoms with van der Waals surface area (Å²) in [5.41, 5.74) is 3.07. The maximum Gasteiger partial charge on any atom is 0.231 e. The van der Waals surface area contributed by atoms with E-state index in [-0.39, 0.29) is 12.8 Å². The van der Waals surface area contributed by atoms with E-state index in [1.54, 1.807) is 7.11 Å². The Kier molecular flexibility index (Phi) is 4.20. The van der Waals surface area contributed by atoms with Crippen LogP contribution in [-0.4, -0.2) is 32.4 Å². The number of hydrogen-bond acceptors (Lipinski definition) is 4. The molecule has 0 spiro atoms. The van der Waals surface area contributed by atoms with Crippen LogP contribution in [0.4, 0.5) is 0 Å². The van der Waals surface area contributed by atoms with Crippen molar-refractivity contribution in [2.24, 2.45) is 0 Å². The predicted octanol–water partition coefficient (Wildman–Crippen LogP) is 3.66. The molecular weight excluding hydrogens is 338 g/mol. The van der Waals surface area contributed by atoms with Gasteiger partial charge in [-0.25, -0.2) is 0 Å². The van der Waals surface area contributed by atoms with Crippen molar-refractivity contribution in [1.29, 1.82) is 0 Å². The summed E-state index contributed by atoms with van der Waals surface area (Å²) in [5, 5.41) is 0.659. The largest absolute Gasteiger partial charge is 0.492 e. The standard InChI is InChI=1S/C20H18ClNO3/c1-22-10-9-14-11-17-19(25-12-24-17)20(23-2)18(14)16(22)8-7-13-5-3-4-6-15(13)21/h3-6,11,16H,9-10,12H2,1-2H3. The second-order valence-corrected chi connectivity index (χ2v) is 6.51. The normalized spacial score (nSPS) is 18.3. The van der Waals surface area contributed by atoms with Gasteiger partial charge in [0, 0.05) is 17.7 Å². The zero-order chi connectivity index (χ0) is 17.4. The minimum atomic E-state index is -0.0931. The Hall–Kier alpha value is -2.35. The lowest BCUT2D eigenvalue weighted by atomic mass is 9.91. The van der Waals surface area contributed by atoms with Crippen LogP contribution >= 0.6 is 11.6 Å². The van der Waals surface area contributed by atoms with Crippen molar-refractivity contribution in [2.75, 3.05) is 27.5 Å². The minimum absolute atomic E-state index is 0.0931. The number of halogens is 1. The number of methoxy groups -OCH3 is 1. The van der Waals surface area contributed by atoms with Gasteiger partial charge in [0.15, 0.2) is 11.5 Å². The Bertz CT molecular complexity index is 884. The lowest BCUT2D eigenvalue weighted by molar-refractivity contribution is 0.171. The predicted molar refractivity (Wildman–Crippen MR) is 96.5 cm³/mol. The molecule has 2 aliphatic rings. The number of fused-ring (bicyclic) bond motifs is 2. The Labute approximate surface area is 152 Å². The van der Waals surface area contributed by atoms with Crippen LogP contribution in [0.3, 0.4) is 0 Å². The van der Waals surface area contributed by atoms with E-state index in [2.05, 4.69) is 29.9 Å². The second-order valence-electron chi connectivity index (χ2n) is 6.10. The summed E-state index contributed by atoms with van der Waals surface area (Å²) in [6, 6.07) is 9.58. The lowest BCUT2D eigenvalue weighted by Gasteiger charge is -2.32. The van der Waals surface area contributed by atoms with Crippen LogP contribution in [0, 0.1) is 11.8 Å². The van der Waals surface area contributed by atoms with Crippen LogP contribution in [0.15, 0.2) is 30.3 Å². The first kappa shape index (κ1) is 16.1. The third-order valence-electron chi connectivity index (χ3n) is 4.61. The number of ether oxygens (including phenoxy) is 3. The molecule has 0 saturated heterocycles. The van der Waals surface area contributed by atoms with E-state index in [0.717, 1.165) is 35.6 Å². The van der Waals surface area contributed by atoms with Gasteiger partial charge in [-0.05, 0) is 37.2 Å². The molecule has 4 nitrogen and oxygen atoms in total. The first-order chi connectivity index (χ1) is 12.2. The van der Waals surface area contributed by atoms with Crippen molar-refractivity contribution >= 4 is 11.6 Å². The van der Waals surface area contributed by atoms with E-state index in [4.69, 9.17) is 25.8 Å². The number of benzene rings is 2. The molecule has 4 rings (SSSR count). The maximum atomic E-state index is 6.24. The van der Waals surface area contributed by atoms with Gasteiger partial charge in [-0.1, -0.05) is 35.6 Å². The highest BCUT2D eigenvalue weighted by Crippen LogP contribution is 2.49. The Morgan fingerprint density at radius 3 is 2.92 bits per heavy atom. The Morgan fingerprint density at radius 2 is 2.12 bits per heavy atom. The van der Waals surface area contributed by atoms with Crippen molar-refractivity contribution in [3.8, 4) is 29.1 Å². The number of likely N-dealkylation sites (N-methyl/N-ethyl adjacent to an activating group) is 1. The highest BCUT2D eigenvalue weighted by Gasteiger charge is 2.33. The molecule has 5 heteroatoms. The van der Waals surface area contributed by atoms with Crippen LogP contribution < -0.4 is 14.2 Å². The molecule has 2 aromatic rings. The van der Waals surface area contributed by atoms with E-state index in [0.29, 0.717) is 10.8 Å². The molecule has 2 aliphatic heterocycles. The van der Waals surface area contributed by atoms with Gasteiger partial charge in [0.2, 0.25) is 12.5 Å². The first-order valence-corrected chi connectivity index (χ1v) is 8.52. The zero-order valence-electron chi connectivity index (χ0n) is 14.1. The van der Waals surface area contributed by atoms with E-state index < -0.39 is 0 Å². The molecule has 0 amide bonds. The van der Waals surface area contributed by atoms with Gasteiger partial charge in [0.05, 0.1) is 12.1 Å². The summed E-state index contributed by atoms with van der Waals surface area (Å²) in [7, 11) is 3.73. The summed E-state index contributed by atoms with van der Waals surface area (Å²) in [6.45, 7) is 1.14. The van der Waals surface area contributed by atoms with Gasteiger partial charge in [0.25, 0.3) is 0 Å². The van der Waals surface area contributed by atoms with Gasteiger partial charge < -0.3 is 14.2 Å².